The zero-order valence-electron chi connectivity index (χ0n) is 15.2. The molecule has 0 aliphatic carbocycles. The van der Waals surface area contributed by atoms with E-state index >= 15 is 0 Å². The Balaban J connectivity index is 1.89. The van der Waals surface area contributed by atoms with Gasteiger partial charge in [0, 0.05) is 17.0 Å². The number of methoxy groups -OCH3 is 1. The van der Waals surface area contributed by atoms with Gasteiger partial charge in [-0.25, -0.2) is 9.59 Å². The van der Waals surface area contributed by atoms with Crippen LogP contribution in [0.25, 0.3) is 11.0 Å². The van der Waals surface area contributed by atoms with Gasteiger partial charge in [-0.2, -0.15) is 0 Å². The Morgan fingerprint density at radius 2 is 1.77 bits per heavy atom. The zero-order chi connectivity index (χ0) is 18.8. The highest BCUT2D eigenvalue weighted by Crippen LogP contribution is 2.24. The van der Waals surface area contributed by atoms with Crippen molar-refractivity contribution in [3.63, 3.8) is 0 Å². The van der Waals surface area contributed by atoms with Crippen molar-refractivity contribution in [2.75, 3.05) is 7.11 Å². The Morgan fingerprint density at radius 3 is 2.50 bits per heavy atom. The normalized spacial score (nSPS) is 10.8. The van der Waals surface area contributed by atoms with Gasteiger partial charge in [0.2, 0.25) is 0 Å². The average Bonchev–Trinajstić information content (AvgIpc) is 2.63. The van der Waals surface area contributed by atoms with Gasteiger partial charge in [0.25, 0.3) is 0 Å². The third-order valence-corrected chi connectivity index (χ3v) is 4.52. The Labute approximate surface area is 151 Å². The van der Waals surface area contributed by atoms with Gasteiger partial charge in [-0.15, -0.1) is 0 Å². The number of hydrogen-bond acceptors (Lipinski definition) is 5. The highest BCUT2D eigenvalue weighted by Gasteiger charge is 2.14. The Morgan fingerprint density at radius 1 is 1.04 bits per heavy atom. The molecule has 0 N–H and O–H groups in total. The Kier molecular flexibility index (Phi) is 4.80. The molecule has 0 aliphatic rings. The van der Waals surface area contributed by atoms with E-state index in [0.29, 0.717) is 22.5 Å². The van der Waals surface area contributed by atoms with E-state index in [1.807, 2.05) is 32.9 Å². The second kappa shape index (κ2) is 7.04. The molecule has 134 valence electrons. The summed E-state index contributed by atoms with van der Waals surface area (Å²) in [4.78, 5) is 24.2. The van der Waals surface area contributed by atoms with Gasteiger partial charge in [0.15, 0.2) is 0 Å². The fraction of sp³-hybridized carbons (Fsp3) is 0.238. The number of rotatable bonds is 4. The predicted octanol–water partition coefficient (Wildman–Crippen LogP) is 4.08. The van der Waals surface area contributed by atoms with Gasteiger partial charge in [-0.05, 0) is 49.6 Å². The van der Waals surface area contributed by atoms with Crippen molar-refractivity contribution < 1.29 is 18.7 Å². The summed E-state index contributed by atoms with van der Waals surface area (Å²) in [5, 5.41) is 0.766. The smallest absolute Gasteiger partial charge is 0.338 e. The first-order chi connectivity index (χ1) is 12.4. The summed E-state index contributed by atoms with van der Waals surface area (Å²) in [5.41, 5.74) is 3.94. The van der Waals surface area contributed by atoms with Crippen LogP contribution in [0.4, 0.5) is 0 Å². The predicted molar refractivity (Wildman–Crippen MR) is 98.8 cm³/mol. The van der Waals surface area contributed by atoms with Crippen LogP contribution < -0.4 is 10.4 Å². The summed E-state index contributed by atoms with van der Waals surface area (Å²) in [6, 6.07) is 10.3. The summed E-state index contributed by atoms with van der Waals surface area (Å²) in [7, 11) is 1.55. The maximum absolute atomic E-state index is 12.4. The van der Waals surface area contributed by atoms with Gasteiger partial charge in [-0.1, -0.05) is 18.2 Å². The van der Waals surface area contributed by atoms with Crippen molar-refractivity contribution in [3.8, 4) is 5.75 Å². The average molecular weight is 352 g/mol. The van der Waals surface area contributed by atoms with Crippen LogP contribution >= 0.6 is 0 Å². The van der Waals surface area contributed by atoms with Crippen LogP contribution in [0.5, 0.6) is 5.75 Å². The van der Waals surface area contributed by atoms with Crippen molar-refractivity contribution in [2.24, 2.45) is 0 Å². The number of carbonyl (C=O) groups excluding carboxylic acids is 1. The van der Waals surface area contributed by atoms with Crippen molar-refractivity contribution >= 4 is 16.9 Å². The maximum atomic E-state index is 12.4. The van der Waals surface area contributed by atoms with Crippen molar-refractivity contribution in [1.82, 2.24) is 0 Å². The Hall–Kier alpha value is -3.08. The fourth-order valence-corrected chi connectivity index (χ4v) is 2.82. The molecule has 1 heterocycles. The van der Waals surface area contributed by atoms with Crippen LogP contribution in [-0.4, -0.2) is 13.1 Å². The van der Waals surface area contributed by atoms with E-state index in [1.165, 1.54) is 6.07 Å². The minimum atomic E-state index is -0.478. The van der Waals surface area contributed by atoms with E-state index in [2.05, 4.69) is 0 Å². The topological polar surface area (TPSA) is 65.7 Å². The van der Waals surface area contributed by atoms with E-state index in [0.717, 1.165) is 22.1 Å². The third-order valence-electron chi connectivity index (χ3n) is 4.52. The van der Waals surface area contributed by atoms with E-state index in [4.69, 9.17) is 13.9 Å². The monoisotopic (exact) mass is 352 g/mol. The number of carbonyl (C=O) groups is 1. The lowest BCUT2D eigenvalue weighted by atomic mass is 10.0. The molecule has 0 amide bonds. The molecule has 2 aromatic carbocycles. The maximum Gasteiger partial charge on any atom is 0.338 e. The van der Waals surface area contributed by atoms with Gasteiger partial charge in [0.05, 0.1) is 12.7 Å². The molecule has 1 aromatic heterocycles. The van der Waals surface area contributed by atoms with Crippen LogP contribution in [0.1, 0.15) is 32.6 Å². The number of hydrogen-bond donors (Lipinski definition) is 0. The highest BCUT2D eigenvalue weighted by atomic mass is 16.5. The van der Waals surface area contributed by atoms with E-state index in [-0.39, 0.29) is 6.61 Å². The second-order valence-electron chi connectivity index (χ2n) is 6.24. The molecule has 5 nitrogen and oxygen atoms in total. The van der Waals surface area contributed by atoms with Gasteiger partial charge >= 0.3 is 11.6 Å². The number of aryl methyl sites for hydroxylation is 3. The summed E-state index contributed by atoms with van der Waals surface area (Å²) in [6.07, 6.45) is 0. The Bertz CT molecular complexity index is 1050. The molecule has 0 saturated carbocycles. The standard InChI is InChI=1S/C21H20O5/c1-12-6-8-17-16(10-19(22)26-20(17)14(12)3)11-25-21(23)15-7-5-13(2)18(9-15)24-4/h5-10H,11H2,1-4H3. The molecule has 0 atom stereocenters. The number of ether oxygens (including phenoxy) is 2. The van der Waals surface area contributed by atoms with Gasteiger partial charge < -0.3 is 13.9 Å². The third kappa shape index (κ3) is 3.33. The summed E-state index contributed by atoms with van der Waals surface area (Å²) < 4.78 is 16.0. The fourth-order valence-electron chi connectivity index (χ4n) is 2.82. The lowest BCUT2D eigenvalue weighted by Crippen LogP contribution is -2.08. The molecule has 0 bridgehead atoms. The molecule has 0 unspecified atom stereocenters. The molecule has 0 fully saturated rings. The first kappa shape index (κ1) is 17.7. The minimum Gasteiger partial charge on any atom is -0.496 e. The highest BCUT2D eigenvalue weighted by molar-refractivity contribution is 5.90. The molecule has 26 heavy (non-hydrogen) atoms. The molecule has 0 spiro atoms. The second-order valence-corrected chi connectivity index (χ2v) is 6.24. The van der Waals surface area contributed by atoms with Crippen LogP contribution in [0.3, 0.4) is 0 Å². The summed E-state index contributed by atoms with van der Waals surface area (Å²) in [6.45, 7) is 5.73. The zero-order valence-corrected chi connectivity index (χ0v) is 15.2. The lowest BCUT2D eigenvalue weighted by molar-refractivity contribution is 0.0473. The molecule has 0 saturated heterocycles. The SMILES string of the molecule is COc1cc(C(=O)OCc2cc(=O)oc3c(C)c(C)ccc23)ccc1C. The van der Waals surface area contributed by atoms with Crippen molar-refractivity contribution in [2.45, 2.75) is 27.4 Å². The van der Waals surface area contributed by atoms with Crippen LogP contribution in [0.2, 0.25) is 0 Å². The van der Waals surface area contributed by atoms with Crippen LogP contribution in [-0.2, 0) is 11.3 Å². The van der Waals surface area contributed by atoms with Crippen LogP contribution in [0.15, 0.2) is 45.6 Å². The van der Waals surface area contributed by atoms with Crippen molar-refractivity contribution in [1.29, 1.82) is 0 Å². The van der Waals surface area contributed by atoms with Crippen LogP contribution in [0, 0.1) is 20.8 Å². The van der Waals surface area contributed by atoms with Gasteiger partial charge in [0.1, 0.15) is 17.9 Å². The number of benzene rings is 2. The molecular weight excluding hydrogens is 332 g/mol. The first-order valence-corrected chi connectivity index (χ1v) is 8.25. The molecule has 0 radical (unpaired) electrons. The summed E-state index contributed by atoms with van der Waals surface area (Å²) >= 11 is 0. The van der Waals surface area contributed by atoms with E-state index in [9.17, 15) is 9.59 Å². The molecule has 0 aliphatic heterocycles. The first-order valence-electron chi connectivity index (χ1n) is 8.25. The van der Waals surface area contributed by atoms with Gasteiger partial charge in [-0.3, -0.25) is 0 Å². The molecule has 3 aromatic rings. The molecule has 3 rings (SSSR count). The molecular formula is C21H20O5. The largest absolute Gasteiger partial charge is 0.496 e. The lowest BCUT2D eigenvalue weighted by Gasteiger charge is -2.11. The van der Waals surface area contributed by atoms with Crippen molar-refractivity contribution in [3.05, 3.63) is 74.6 Å². The number of fused-ring (bicyclic) bond motifs is 1. The molecule has 5 heteroatoms. The minimum absolute atomic E-state index is 0.0143. The van der Waals surface area contributed by atoms with E-state index in [1.54, 1.807) is 25.3 Å². The number of esters is 1. The quantitative estimate of drug-likeness (QED) is 0.523. The van der Waals surface area contributed by atoms with E-state index < -0.39 is 11.6 Å². The summed E-state index contributed by atoms with van der Waals surface area (Å²) in [5.74, 6) is 0.143.